The predicted molar refractivity (Wildman–Crippen MR) is 104 cm³/mol. The molecule has 0 aliphatic carbocycles. The van der Waals surface area contributed by atoms with Crippen LogP contribution in [0.1, 0.15) is 0 Å². The van der Waals surface area contributed by atoms with Gasteiger partial charge in [0, 0.05) is 11.6 Å². The highest BCUT2D eigenvalue weighted by atomic mass is 16.5. The zero-order chi connectivity index (χ0) is 19.5. The SMILES string of the molecule is COc1ccc(OC)c(Nc2ncnc3onc(-c4ccccc4OC)c23)c1. The summed E-state index contributed by atoms with van der Waals surface area (Å²) in [6.45, 7) is 0. The van der Waals surface area contributed by atoms with Crippen molar-refractivity contribution in [3.05, 3.63) is 48.8 Å². The lowest BCUT2D eigenvalue weighted by atomic mass is 10.1. The lowest BCUT2D eigenvalue weighted by molar-refractivity contribution is 0.405. The summed E-state index contributed by atoms with van der Waals surface area (Å²) in [7, 11) is 4.81. The first-order chi connectivity index (χ1) is 13.7. The van der Waals surface area contributed by atoms with Gasteiger partial charge in [-0.25, -0.2) is 4.98 Å². The molecule has 0 amide bonds. The fraction of sp³-hybridized carbons (Fsp3) is 0.150. The first-order valence-corrected chi connectivity index (χ1v) is 8.48. The molecule has 2 heterocycles. The molecule has 0 spiro atoms. The quantitative estimate of drug-likeness (QED) is 0.537. The Morgan fingerprint density at radius 1 is 0.893 bits per heavy atom. The van der Waals surface area contributed by atoms with Crippen LogP contribution in [-0.2, 0) is 0 Å². The van der Waals surface area contributed by atoms with E-state index in [9.17, 15) is 0 Å². The summed E-state index contributed by atoms with van der Waals surface area (Å²) < 4.78 is 21.6. The van der Waals surface area contributed by atoms with E-state index in [1.165, 1.54) is 6.33 Å². The van der Waals surface area contributed by atoms with E-state index in [2.05, 4.69) is 20.4 Å². The number of hydrogen-bond donors (Lipinski definition) is 1. The van der Waals surface area contributed by atoms with Crippen LogP contribution in [-0.4, -0.2) is 36.5 Å². The molecule has 0 saturated heterocycles. The summed E-state index contributed by atoms with van der Waals surface area (Å²) in [6, 6.07) is 13.0. The number of fused-ring (bicyclic) bond motifs is 1. The number of nitrogens with one attached hydrogen (secondary N) is 1. The molecule has 0 bridgehead atoms. The van der Waals surface area contributed by atoms with E-state index in [1.54, 1.807) is 21.3 Å². The number of ether oxygens (including phenoxy) is 3. The Morgan fingerprint density at radius 2 is 1.71 bits per heavy atom. The van der Waals surface area contributed by atoms with Crippen LogP contribution in [0.5, 0.6) is 17.2 Å². The van der Waals surface area contributed by atoms with Crippen molar-refractivity contribution in [3.8, 4) is 28.5 Å². The molecule has 28 heavy (non-hydrogen) atoms. The summed E-state index contributed by atoms with van der Waals surface area (Å²) in [5.74, 6) is 2.52. The van der Waals surface area contributed by atoms with Crippen LogP contribution in [0.4, 0.5) is 11.5 Å². The molecule has 0 aliphatic heterocycles. The predicted octanol–water partition coefficient (Wildman–Crippen LogP) is 4.05. The van der Waals surface area contributed by atoms with Gasteiger partial charge in [-0.05, 0) is 24.3 Å². The molecule has 4 rings (SSSR count). The standard InChI is InChI=1S/C20H18N4O4/c1-25-12-8-9-16(27-3)14(10-12)23-19-17-18(24-28-20(17)22-11-21-19)13-6-4-5-7-15(13)26-2/h4-11H,1-3H3,(H,21,22,23). The molecular weight excluding hydrogens is 360 g/mol. The maximum absolute atomic E-state index is 5.46. The minimum Gasteiger partial charge on any atom is -0.497 e. The normalized spacial score (nSPS) is 10.7. The number of hydrogen-bond acceptors (Lipinski definition) is 8. The zero-order valence-corrected chi connectivity index (χ0v) is 15.6. The van der Waals surface area contributed by atoms with Crippen molar-refractivity contribution in [1.82, 2.24) is 15.1 Å². The van der Waals surface area contributed by atoms with E-state index in [0.717, 1.165) is 5.56 Å². The summed E-state index contributed by atoms with van der Waals surface area (Å²) in [4.78, 5) is 8.57. The van der Waals surface area contributed by atoms with Crippen LogP contribution in [0.15, 0.2) is 53.3 Å². The molecule has 142 valence electrons. The number of anilines is 2. The van der Waals surface area contributed by atoms with Gasteiger partial charge in [0.2, 0.25) is 0 Å². The second-order valence-corrected chi connectivity index (χ2v) is 5.83. The number of nitrogens with zero attached hydrogens (tertiary/aromatic N) is 3. The van der Waals surface area contributed by atoms with Crippen molar-refractivity contribution in [2.45, 2.75) is 0 Å². The third-order valence-corrected chi connectivity index (χ3v) is 4.29. The van der Waals surface area contributed by atoms with Gasteiger partial charge in [-0.3, -0.25) is 0 Å². The van der Waals surface area contributed by atoms with Crippen LogP contribution >= 0.6 is 0 Å². The Bertz CT molecular complexity index is 1130. The second-order valence-electron chi connectivity index (χ2n) is 5.83. The van der Waals surface area contributed by atoms with Crippen LogP contribution in [0.2, 0.25) is 0 Å². The first-order valence-electron chi connectivity index (χ1n) is 8.48. The Hall–Kier alpha value is -3.81. The Morgan fingerprint density at radius 3 is 2.50 bits per heavy atom. The zero-order valence-electron chi connectivity index (χ0n) is 15.6. The average Bonchev–Trinajstić information content (AvgIpc) is 3.18. The van der Waals surface area contributed by atoms with Crippen molar-refractivity contribution >= 4 is 22.6 Å². The number of para-hydroxylation sites is 1. The molecule has 0 aliphatic rings. The molecule has 0 fully saturated rings. The van der Waals surface area contributed by atoms with Crippen LogP contribution in [0.25, 0.3) is 22.4 Å². The smallest absolute Gasteiger partial charge is 0.263 e. The Kier molecular flexibility index (Phi) is 4.67. The number of benzene rings is 2. The molecule has 0 atom stereocenters. The lowest BCUT2D eigenvalue weighted by Crippen LogP contribution is -1.99. The van der Waals surface area contributed by atoms with Gasteiger partial charge in [0.05, 0.1) is 27.0 Å². The van der Waals surface area contributed by atoms with E-state index in [1.807, 2.05) is 42.5 Å². The number of methoxy groups -OCH3 is 3. The van der Waals surface area contributed by atoms with Gasteiger partial charge in [0.15, 0.2) is 0 Å². The van der Waals surface area contributed by atoms with E-state index in [-0.39, 0.29) is 0 Å². The Balaban J connectivity index is 1.87. The van der Waals surface area contributed by atoms with Gasteiger partial charge in [0.1, 0.15) is 40.5 Å². The van der Waals surface area contributed by atoms with Crippen LogP contribution < -0.4 is 19.5 Å². The highest BCUT2D eigenvalue weighted by Crippen LogP contribution is 2.38. The fourth-order valence-electron chi connectivity index (χ4n) is 2.94. The van der Waals surface area contributed by atoms with Gasteiger partial charge in [-0.1, -0.05) is 17.3 Å². The molecular formula is C20H18N4O4. The summed E-state index contributed by atoms with van der Waals surface area (Å²) >= 11 is 0. The van der Waals surface area contributed by atoms with Crippen molar-refractivity contribution in [1.29, 1.82) is 0 Å². The number of aromatic nitrogens is 3. The minimum atomic E-state index is 0.361. The van der Waals surface area contributed by atoms with Crippen molar-refractivity contribution in [2.24, 2.45) is 0 Å². The topological polar surface area (TPSA) is 91.5 Å². The van der Waals surface area contributed by atoms with Crippen LogP contribution in [0, 0.1) is 0 Å². The van der Waals surface area contributed by atoms with Crippen molar-refractivity contribution in [2.75, 3.05) is 26.6 Å². The first kappa shape index (κ1) is 17.6. The van der Waals surface area contributed by atoms with Gasteiger partial charge < -0.3 is 24.1 Å². The summed E-state index contributed by atoms with van der Waals surface area (Å²) in [6.07, 6.45) is 1.41. The maximum atomic E-state index is 5.46. The summed E-state index contributed by atoms with van der Waals surface area (Å²) in [5.41, 5.74) is 2.41. The largest absolute Gasteiger partial charge is 0.497 e. The Labute approximate surface area is 161 Å². The lowest BCUT2D eigenvalue weighted by Gasteiger charge is -2.13. The molecule has 2 aromatic carbocycles. The van der Waals surface area contributed by atoms with E-state index >= 15 is 0 Å². The number of rotatable bonds is 6. The summed E-state index contributed by atoms with van der Waals surface area (Å²) in [5, 5.41) is 8.11. The van der Waals surface area contributed by atoms with Crippen molar-refractivity contribution < 1.29 is 18.7 Å². The van der Waals surface area contributed by atoms with Crippen LogP contribution in [0.3, 0.4) is 0 Å². The fourth-order valence-corrected chi connectivity index (χ4v) is 2.94. The molecule has 4 aromatic rings. The molecule has 8 nitrogen and oxygen atoms in total. The third kappa shape index (κ3) is 3.05. The van der Waals surface area contributed by atoms with E-state index in [0.29, 0.717) is 45.5 Å². The monoisotopic (exact) mass is 378 g/mol. The third-order valence-electron chi connectivity index (χ3n) is 4.29. The molecule has 1 N–H and O–H groups in total. The van der Waals surface area contributed by atoms with E-state index in [4.69, 9.17) is 18.7 Å². The van der Waals surface area contributed by atoms with Gasteiger partial charge in [-0.15, -0.1) is 0 Å². The highest BCUT2D eigenvalue weighted by molar-refractivity contribution is 6.00. The molecule has 0 saturated carbocycles. The molecule has 0 radical (unpaired) electrons. The van der Waals surface area contributed by atoms with E-state index < -0.39 is 0 Å². The minimum absolute atomic E-state index is 0.361. The average molecular weight is 378 g/mol. The van der Waals surface area contributed by atoms with Crippen molar-refractivity contribution in [3.63, 3.8) is 0 Å². The maximum Gasteiger partial charge on any atom is 0.263 e. The molecule has 2 aromatic heterocycles. The van der Waals surface area contributed by atoms with Gasteiger partial charge in [0.25, 0.3) is 5.71 Å². The highest BCUT2D eigenvalue weighted by Gasteiger charge is 2.20. The molecule has 8 heteroatoms. The van der Waals surface area contributed by atoms with Gasteiger partial charge in [-0.2, -0.15) is 4.98 Å². The second kappa shape index (κ2) is 7.43. The molecule has 0 unspecified atom stereocenters. The van der Waals surface area contributed by atoms with Gasteiger partial charge >= 0.3 is 0 Å².